The SMILES string of the molecule is O=C(CCn1cnc2sccc2c1=O)c1ccc(F)cc1. The molecule has 0 atom stereocenters. The molecule has 0 bridgehead atoms. The molecule has 3 rings (SSSR count). The molecule has 0 radical (unpaired) electrons. The second-order valence-electron chi connectivity index (χ2n) is 4.56. The summed E-state index contributed by atoms with van der Waals surface area (Å²) in [7, 11) is 0. The topological polar surface area (TPSA) is 52.0 Å². The first-order valence-electron chi connectivity index (χ1n) is 6.36. The predicted octanol–water partition coefficient (Wildman–Crippen LogP) is 2.87. The van der Waals surface area contributed by atoms with E-state index in [0.29, 0.717) is 15.8 Å². The number of benzene rings is 1. The van der Waals surface area contributed by atoms with E-state index in [1.54, 1.807) is 6.07 Å². The smallest absolute Gasteiger partial charge is 0.262 e. The molecule has 4 nitrogen and oxygen atoms in total. The Bertz CT molecular complexity index is 852. The van der Waals surface area contributed by atoms with E-state index in [0.717, 1.165) is 0 Å². The minimum absolute atomic E-state index is 0.132. The number of rotatable bonds is 4. The van der Waals surface area contributed by atoms with Crippen LogP contribution in [0.4, 0.5) is 4.39 Å². The summed E-state index contributed by atoms with van der Waals surface area (Å²) in [4.78, 5) is 29.0. The van der Waals surface area contributed by atoms with Gasteiger partial charge in [0, 0.05) is 18.5 Å². The van der Waals surface area contributed by atoms with Gasteiger partial charge in [0.2, 0.25) is 0 Å². The molecule has 0 saturated heterocycles. The highest BCUT2D eigenvalue weighted by Crippen LogP contribution is 2.13. The van der Waals surface area contributed by atoms with Crippen molar-refractivity contribution < 1.29 is 9.18 Å². The summed E-state index contributed by atoms with van der Waals surface area (Å²) >= 11 is 1.41. The van der Waals surface area contributed by atoms with Gasteiger partial charge in [-0.3, -0.25) is 14.2 Å². The molecule has 21 heavy (non-hydrogen) atoms. The summed E-state index contributed by atoms with van der Waals surface area (Å²) in [5.74, 6) is -0.512. The maximum absolute atomic E-state index is 12.8. The second kappa shape index (κ2) is 5.57. The van der Waals surface area contributed by atoms with E-state index in [9.17, 15) is 14.0 Å². The van der Waals surface area contributed by atoms with Gasteiger partial charge in [-0.05, 0) is 35.7 Å². The molecule has 0 N–H and O–H groups in total. The van der Waals surface area contributed by atoms with E-state index < -0.39 is 0 Å². The van der Waals surface area contributed by atoms with Crippen molar-refractivity contribution in [1.29, 1.82) is 0 Å². The summed E-state index contributed by atoms with van der Waals surface area (Å²) < 4.78 is 14.2. The van der Waals surface area contributed by atoms with Gasteiger partial charge >= 0.3 is 0 Å². The molecule has 0 aliphatic heterocycles. The maximum Gasteiger partial charge on any atom is 0.262 e. The van der Waals surface area contributed by atoms with Gasteiger partial charge in [0.15, 0.2) is 5.78 Å². The highest BCUT2D eigenvalue weighted by molar-refractivity contribution is 7.16. The van der Waals surface area contributed by atoms with Gasteiger partial charge in [-0.25, -0.2) is 9.37 Å². The number of carbonyl (C=O) groups excluding carboxylic acids is 1. The van der Waals surface area contributed by atoms with Crippen molar-refractivity contribution in [2.75, 3.05) is 0 Å². The van der Waals surface area contributed by atoms with Crippen LogP contribution in [0, 0.1) is 5.82 Å². The lowest BCUT2D eigenvalue weighted by atomic mass is 10.1. The van der Waals surface area contributed by atoms with Crippen LogP contribution in [0.5, 0.6) is 0 Å². The van der Waals surface area contributed by atoms with Crippen LogP contribution < -0.4 is 5.56 Å². The summed E-state index contributed by atoms with van der Waals surface area (Å²) in [6.45, 7) is 0.258. The second-order valence-corrected chi connectivity index (χ2v) is 5.46. The van der Waals surface area contributed by atoms with Crippen molar-refractivity contribution in [1.82, 2.24) is 9.55 Å². The zero-order chi connectivity index (χ0) is 14.8. The van der Waals surface area contributed by atoms with Gasteiger partial charge in [-0.2, -0.15) is 0 Å². The van der Waals surface area contributed by atoms with Crippen LogP contribution >= 0.6 is 11.3 Å². The van der Waals surface area contributed by atoms with Crippen molar-refractivity contribution in [3.8, 4) is 0 Å². The number of ketones is 1. The molecular weight excluding hydrogens is 291 g/mol. The lowest BCUT2D eigenvalue weighted by Gasteiger charge is -2.05. The Kier molecular flexibility index (Phi) is 3.62. The summed E-state index contributed by atoms with van der Waals surface area (Å²) in [6.07, 6.45) is 1.63. The fraction of sp³-hybridized carbons (Fsp3) is 0.133. The molecule has 0 spiro atoms. The maximum atomic E-state index is 12.8. The van der Waals surface area contributed by atoms with E-state index in [2.05, 4.69) is 4.98 Å². The lowest BCUT2D eigenvalue weighted by Crippen LogP contribution is -2.21. The van der Waals surface area contributed by atoms with E-state index in [-0.39, 0.29) is 30.1 Å². The number of thiophene rings is 1. The number of halogens is 1. The van der Waals surface area contributed by atoms with Gasteiger partial charge in [0.1, 0.15) is 10.6 Å². The first-order chi connectivity index (χ1) is 10.1. The van der Waals surface area contributed by atoms with Crippen molar-refractivity contribution in [2.24, 2.45) is 0 Å². The number of aryl methyl sites for hydroxylation is 1. The molecule has 0 aliphatic carbocycles. The first kappa shape index (κ1) is 13.6. The molecule has 3 aromatic rings. The Morgan fingerprint density at radius 2 is 2.00 bits per heavy atom. The fourth-order valence-corrected chi connectivity index (χ4v) is 2.78. The van der Waals surface area contributed by atoms with Gasteiger partial charge in [0.05, 0.1) is 11.7 Å². The Morgan fingerprint density at radius 1 is 1.24 bits per heavy atom. The van der Waals surface area contributed by atoms with E-state index in [1.165, 1.54) is 46.5 Å². The molecule has 0 fully saturated rings. The van der Waals surface area contributed by atoms with Crippen LogP contribution in [0.15, 0.2) is 46.8 Å². The lowest BCUT2D eigenvalue weighted by molar-refractivity contribution is 0.0976. The van der Waals surface area contributed by atoms with Gasteiger partial charge in [-0.1, -0.05) is 0 Å². The Morgan fingerprint density at radius 3 is 2.76 bits per heavy atom. The number of aromatic nitrogens is 2. The quantitative estimate of drug-likeness (QED) is 0.696. The highest BCUT2D eigenvalue weighted by atomic mass is 32.1. The van der Waals surface area contributed by atoms with Crippen LogP contribution in [0.3, 0.4) is 0 Å². The number of Topliss-reactive ketones (excluding diaryl/α,β-unsaturated/α-hetero) is 1. The third kappa shape index (κ3) is 2.75. The number of carbonyl (C=O) groups is 1. The molecule has 0 saturated carbocycles. The van der Waals surface area contributed by atoms with Gasteiger partial charge in [0.25, 0.3) is 5.56 Å². The largest absolute Gasteiger partial charge is 0.298 e. The number of hydrogen-bond donors (Lipinski definition) is 0. The molecule has 0 aliphatic rings. The summed E-state index contributed by atoms with van der Waals surface area (Å²) in [5.41, 5.74) is 0.294. The average Bonchev–Trinajstić information content (AvgIpc) is 2.96. The Labute approximate surface area is 123 Å². The number of nitrogens with zero attached hydrogens (tertiary/aromatic N) is 2. The highest BCUT2D eigenvalue weighted by Gasteiger charge is 2.09. The summed E-state index contributed by atoms with van der Waals surface area (Å²) in [5, 5.41) is 2.38. The monoisotopic (exact) mass is 302 g/mol. The van der Waals surface area contributed by atoms with Crippen LogP contribution in [0.25, 0.3) is 10.2 Å². The van der Waals surface area contributed by atoms with Crippen LogP contribution in [0.2, 0.25) is 0 Å². The molecule has 0 unspecified atom stereocenters. The zero-order valence-corrected chi connectivity index (χ0v) is 11.8. The number of fused-ring (bicyclic) bond motifs is 1. The van der Waals surface area contributed by atoms with E-state index >= 15 is 0 Å². The molecule has 106 valence electrons. The predicted molar refractivity (Wildman–Crippen MR) is 79.2 cm³/mol. The average molecular weight is 302 g/mol. The molecule has 2 heterocycles. The van der Waals surface area contributed by atoms with Crippen LogP contribution in [-0.2, 0) is 6.54 Å². The Hall–Kier alpha value is -2.34. The minimum atomic E-state index is -0.380. The van der Waals surface area contributed by atoms with E-state index in [4.69, 9.17) is 0 Å². The first-order valence-corrected chi connectivity index (χ1v) is 7.24. The van der Waals surface area contributed by atoms with Gasteiger partial charge in [-0.15, -0.1) is 11.3 Å². The van der Waals surface area contributed by atoms with Crippen LogP contribution in [-0.4, -0.2) is 15.3 Å². The third-order valence-corrected chi connectivity index (χ3v) is 4.02. The normalized spacial score (nSPS) is 10.9. The molecule has 1 aromatic carbocycles. The molecular formula is C15H11FN2O2S. The Balaban J connectivity index is 1.77. The fourth-order valence-electron chi connectivity index (χ4n) is 2.05. The van der Waals surface area contributed by atoms with E-state index in [1.807, 2.05) is 5.38 Å². The minimum Gasteiger partial charge on any atom is -0.298 e. The molecule has 6 heteroatoms. The zero-order valence-electron chi connectivity index (χ0n) is 11.0. The third-order valence-electron chi connectivity index (χ3n) is 3.20. The van der Waals surface area contributed by atoms with Crippen molar-refractivity contribution in [3.63, 3.8) is 0 Å². The summed E-state index contributed by atoms with van der Waals surface area (Å²) in [6, 6.07) is 7.12. The standard InChI is InChI=1S/C15H11FN2O2S/c16-11-3-1-10(2-4-11)13(19)5-7-18-9-17-14-12(15(18)20)6-8-21-14/h1-4,6,8-9H,5,7H2. The van der Waals surface area contributed by atoms with Crippen molar-refractivity contribution >= 4 is 27.3 Å². The van der Waals surface area contributed by atoms with Crippen molar-refractivity contribution in [3.05, 3.63) is 63.8 Å². The molecule has 0 amide bonds. The number of hydrogen-bond acceptors (Lipinski definition) is 4. The van der Waals surface area contributed by atoms with Gasteiger partial charge < -0.3 is 0 Å². The molecule has 2 aromatic heterocycles. The van der Waals surface area contributed by atoms with Crippen LogP contribution in [0.1, 0.15) is 16.8 Å². The van der Waals surface area contributed by atoms with Crippen molar-refractivity contribution in [2.45, 2.75) is 13.0 Å².